The van der Waals surface area contributed by atoms with Gasteiger partial charge in [0.15, 0.2) is 0 Å². The highest BCUT2D eigenvalue weighted by Crippen LogP contribution is 2.18. The maximum absolute atomic E-state index is 3.56. The van der Waals surface area contributed by atoms with Crippen LogP contribution >= 0.6 is 15.9 Å². The minimum atomic E-state index is 0.923. The molecular weight excluding hydrogens is 214 g/mol. The Hall–Kier alpha value is 0.440. The third kappa shape index (κ3) is 3.44. The average Bonchev–Trinajstić information content (AvgIpc) is 2.53. The van der Waals surface area contributed by atoms with Crippen LogP contribution in [0.3, 0.4) is 0 Å². The molecule has 0 N–H and O–H groups in total. The third-order valence-electron chi connectivity index (χ3n) is 2.67. The summed E-state index contributed by atoms with van der Waals surface area (Å²) in [6, 6.07) is 0. The second-order valence-electron chi connectivity index (χ2n) is 3.82. The number of rotatable bonds is 5. The fraction of sp³-hybridized carbons (Fsp3) is 1.00. The first-order valence-corrected chi connectivity index (χ1v) is 6.27. The molecule has 1 saturated heterocycles. The molecule has 12 heavy (non-hydrogen) atoms. The van der Waals surface area contributed by atoms with Crippen molar-refractivity contribution in [2.45, 2.75) is 32.6 Å². The van der Waals surface area contributed by atoms with Crippen LogP contribution in [0.25, 0.3) is 0 Å². The highest BCUT2D eigenvalue weighted by molar-refractivity contribution is 9.09. The predicted octanol–water partition coefficient (Wildman–Crippen LogP) is 2.89. The van der Waals surface area contributed by atoms with Crippen molar-refractivity contribution in [1.29, 1.82) is 0 Å². The van der Waals surface area contributed by atoms with Gasteiger partial charge in [-0.2, -0.15) is 0 Å². The van der Waals surface area contributed by atoms with Crippen LogP contribution in [-0.4, -0.2) is 29.9 Å². The summed E-state index contributed by atoms with van der Waals surface area (Å²) in [6.07, 6.45) is 5.54. The zero-order valence-electron chi connectivity index (χ0n) is 8.06. The first kappa shape index (κ1) is 10.5. The summed E-state index contributed by atoms with van der Waals surface area (Å²) in [7, 11) is 0. The van der Waals surface area contributed by atoms with Gasteiger partial charge in [-0.05, 0) is 31.8 Å². The first-order chi connectivity index (χ1) is 5.86. The lowest BCUT2D eigenvalue weighted by atomic mass is 10.2. The number of halogens is 1. The zero-order valence-corrected chi connectivity index (χ0v) is 9.65. The van der Waals surface area contributed by atoms with E-state index in [0.29, 0.717) is 0 Å². The fourth-order valence-corrected chi connectivity index (χ4v) is 2.36. The molecule has 0 aliphatic carbocycles. The van der Waals surface area contributed by atoms with Crippen LogP contribution in [0, 0.1) is 5.92 Å². The summed E-state index contributed by atoms with van der Waals surface area (Å²) in [5.74, 6) is 0.923. The summed E-state index contributed by atoms with van der Waals surface area (Å²) < 4.78 is 0. The van der Waals surface area contributed by atoms with E-state index < -0.39 is 0 Å². The minimum Gasteiger partial charge on any atom is -0.303 e. The Morgan fingerprint density at radius 2 is 2.25 bits per heavy atom. The number of likely N-dealkylation sites (tertiary alicyclic amines) is 1. The quantitative estimate of drug-likeness (QED) is 0.522. The van der Waals surface area contributed by atoms with Gasteiger partial charge in [-0.25, -0.2) is 0 Å². The minimum absolute atomic E-state index is 0.923. The van der Waals surface area contributed by atoms with E-state index in [9.17, 15) is 0 Å². The molecule has 0 bridgehead atoms. The highest BCUT2D eigenvalue weighted by atomic mass is 79.9. The van der Waals surface area contributed by atoms with Gasteiger partial charge in [-0.1, -0.05) is 35.7 Å². The van der Waals surface area contributed by atoms with Crippen molar-refractivity contribution in [1.82, 2.24) is 4.90 Å². The standard InChI is InChI=1S/C10H20BrN/c1-2-3-4-6-12-7-5-10(8-11)9-12/h10H,2-9H2,1H3. The largest absolute Gasteiger partial charge is 0.303 e. The molecule has 1 aliphatic rings. The summed E-state index contributed by atoms with van der Waals surface area (Å²) in [4.78, 5) is 2.61. The molecule has 0 aromatic rings. The number of hydrogen-bond acceptors (Lipinski definition) is 1. The molecule has 1 heterocycles. The van der Waals surface area contributed by atoms with Crippen LogP contribution in [0.2, 0.25) is 0 Å². The lowest BCUT2D eigenvalue weighted by molar-refractivity contribution is 0.320. The Bertz CT molecular complexity index is 116. The van der Waals surface area contributed by atoms with Crippen LogP contribution in [0.5, 0.6) is 0 Å². The summed E-state index contributed by atoms with van der Waals surface area (Å²) in [6.45, 7) is 6.26. The molecule has 1 fully saturated rings. The monoisotopic (exact) mass is 233 g/mol. The maximum Gasteiger partial charge on any atom is 0.00723 e. The van der Waals surface area contributed by atoms with E-state index in [2.05, 4.69) is 27.8 Å². The van der Waals surface area contributed by atoms with Crippen molar-refractivity contribution >= 4 is 15.9 Å². The molecule has 1 rings (SSSR count). The Morgan fingerprint density at radius 1 is 1.42 bits per heavy atom. The number of nitrogens with zero attached hydrogens (tertiary/aromatic N) is 1. The number of hydrogen-bond donors (Lipinski definition) is 0. The van der Waals surface area contributed by atoms with Gasteiger partial charge >= 0.3 is 0 Å². The molecule has 0 radical (unpaired) electrons. The van der Waals surface area contributed by atoms with Crippen molar-refractivity contribution in [3.8, 4) is 0 Å². The molecule has 1 aliphatic heterocycles. The van der Waals surface area contributed by atoms with Gasteiger partial charge in [-0.3, -0.25) is 0 Å². The lowest BCUT2D eigenvalue weighted by Gasteiger charge is -2.14. The topological polar surface area (TPSA) is 3.24 Å². The van der Waals surface area contributed by atoms with E-state index >= 15 is 0 Å². The van der Waals surface area contributed by atoms with E-state index in [4.69, 9.17) is 0 Å². The molecule has 0 spiro atoms. The summed E-state index contributed by atoms with van der Waals surface area (Å²) >= 11 is 3.56. The zero-order chi connectivity index (χ0) is 8.81. The molecule has 0 amide bonds. The second-order valence-corrected chi connectivity index (χ2v) is 4.46. The molecule has 1 atom stereocenters. The summed E-state index contributed by atoms with van der Waals surface area (Å²) in [5.41, 5.74) is 0. The molecule has 0 saturated carbocycles. The van der Waals surface area contributed by atoms with Gasteiger partial charge in [0.25, 0.3) is 0 Å². The van der Waals surface area contributed by atoms with Gasteiger partial charge in [0.2, 0.25) is 0 Å². The maximum atomic E-state index is 3.56. The Balaban J connectivity index is 2.03. The van der Waals surface area contributed by atoms with E-state index in [0.717, 1.165) is 5.92 Å². The van der Waals surface area contributed by atoms with E-state index in [-0.39, 0.29) is 0 Å². The van der Waals surface area contributed by atoms with Crippen molar-refractivity contribution in [2.24, 2.45) is 5.92 Å². The number of unbranched alkanes of at least 4 members (excludes halogenated alkanes) is 2. The van der Waals surface area contributed by atoms with Gasteiger partial charge in [0.05, 0.1) is 0 Å². The average molecular weight is 234 g/mol. The van der Waals surface area contributed by atoms with Crippen molar-refractivity contribution in [3.63, 3.8) is 0 Å². The van der Waals surface area contributed by atoms with Crippen molar-refractivity contribution in [2.75, 3.05) is 25.0 Å². The van der Waals surface area contributed by atoms with E-state index in [1.807, 2.05) is 0 Å². The van der Waals surface area contributed by atoms with Crippen LogP contribution in [0.15, 0.2) is 0 Å². The van der Waals surface area contributed by atoms with Crippen molar-refractivity contribution in [3.05, 3.63) is 0 Å². The molecule has 0 aromatic carbocycles. The molecule has 72 valence electrons. The fourth-order valence-electron chi connectivity index (χ4n) is 1.83. The van der Waals surface area contributed by atoms with Gasteiger partial charge in [-0.15, -0.1) is 0 Å². The lowest BCUT2D eigenvalue weighted by Crippen LogP contribution is -2.22. The number of alkyl halides is 1. The van der Waals surface area contributed by atoms with Gasteiger partial charge < -0.3 is 4.90 Å². The normalized spacial score (nSPS) is 25.0. The molecule has 1 unspecified atom stereocenters. The Labute approximate surface area is 84.6 Å². The van der Waals surface area contributed by atoms with Crippen LogP contribution < -0.4 is 0 Å². The molecular formula is C10H20BrN. The van der Waals surface area contributed by atoms with Gasteiger partial charge in [0.1, 0.15) is 0 Å². The first-order valence-electron chi connectivity index (χ1n) is 5.15. The highest BCUT2D eigenvalue weighted by Gasteiger charge is 2.20. The molecule has 0 aromatic heterocycles. The van der Waals surface area contributed by atoms with Crippen molar-refractivity contribution < 1.29 is 0 Å². The molecule has 1 nitrogen and oxygen atoms in total. The van der Waals surface area contributed by atoms with Crippen LogP contribution in [-0.2, 0) is 0 Å². The second kappa shape index (κ2) is 5.98. The Kier molecular flexibility index (Phi) is 5.24. The molecule has 2 heteroatoms. The predicted molar refractivity (Wildman–Crippen MR) is 57.9 cm³/mol. The smallest absolute Gasteiger partial charge is 0.00723 e. The van der Waals surface area contributed by atoms with Crippen LogP contribution in [0.1, 0.15) is 32.6 Å². The Morgan fingerprint density at radius 3 is 2.83 bits per heavy atom. The summed E-state index contributed by atoms with van der Waals surface area (Å²) in [5, 5.41) is 1.19. The van der Waals surface area contributed by atoms with Crippen LogP contribution in [0.4, 0.5) is 0 Å². The third-order valence-corrected chi connectivity index (χ3v) is 3.58. The van der Waals surface area contributed by atoms with E-state index in [1.165, 1.54) is 50.6 Å². The van der Waals surface area contributed by atoms with Gasteiger partial charge in [0, 0.05) is 11.9 Å². The SMILES string of the molecule is CCCCCN1CCC(CBr)C1. The van der Waals surface area contributed by atoms with E-state index in [1.54, 1.807) is 0 Å².